The largest absolute Gasteiger partial charge is 0.423 e. The van der Waals surface area contributed by atoms with Crippen molar-refractivity contribution in [3.63, 3.8) is 0 Å². The second kappa shape index (κ2) is 6.26. The highest BCUT2D eigenvalue weighted by Gasteiger charge is 2.20. The van der Waals surface area contributed by atoms with Gasteiger partial charge in [-0.25, -0.2) is 0 Å². The van der Waals surface area contributed by atoms with Crippen LogP contribution in [0.4, 0.5) is 5.69 Å². The molecule has 1 heterocycles. The minimum Gasteiger partial charge on any atom is -0.423 e. The Morgan fingerprint density at radius 1 is 1.38 bits per heavy atom. The highest BCUT2D eigenvalue weighted by Crippen LogP contribution is 2.26. The third-order valence-electron chi connectivity index (χ3n) is 3.60. The molecule has 2 rings (SSSR count). The van der Waals surface area contributed by atoms with E-state index in [9.17, 15) is 0 Å². The lowest BCUT2D eigenvalue weighted by molar-refractivity contribution is 0.0128. The van der Waals surface area contributed by atoms with Gasteiger partial charge in [0.15, 0.2) is 0 Å². The maximum Gasteiger partial charge on any atom is 0.247 e. The summed E-state index contributed by atoms with van der Waals surface area (Å²) >= 11 is 0. The molecule has 2 aromatic rings. The number of ether oxygens (including phenoxy) is 1. The van der Waals surface area contributed by atoms with Crippen LogP contribution in [0.3, 0.4) is 0 Å². The fraction of sp³-hybridized carbons (Fsp3) is 0.500. The first-order valence-corrected chi connectivity index (χ1v) is 7.10. The summed E-state index contributed by atoms with van der Waals surface area (Å²) < 4.78 is 10.7. The second-order valence-electron chi connectivity index (χ2n) is 5.99. The van der Waals surface area contributed by atoms with Crippen molar-refractivity contribution in [3.05, 3.63) is 30.2 Å². The molecule has 1 atom stereocenters. The molecule has 0 aliphatic carbocycles. The van der Waals surface area contributed by atoms with Crippen LogP contribution in [-0.2, 0) is 4.74 Å². The van der Waals surface area contributed by atoms with Crippen molar-refractivity contribution in [3.8, 4) is 11.5 Å². The Morgan fingerprint density at radius 2 is 2.14 bits per heavy atom. The first-order chi connectivity index (χ1) is 9.91. The topological polar surface area (TPSA) is 60.2 Å². The van der Waals surface area contributed by atoms with E-state index in [0.717, 1.165) is 17.7 Å². The van der Waals surface area contributed by atoms with E-state index < -0.39 is 0 Å². The summed E-state index contributed by atoms with van der Waals surface area (Å²) in [6.07, 6.45) is 2.25. The molecule has 5 heteroatoms. The van der Waals surface area contributed by atoms with Crippen molar-refractivity contribution in [2.75, 3.05) is 12.4 Å². The summed E-state index contributed by atoms with van der Waals surface area (Å²) in [6, 6.07) is 6.36. The first-order valence-electron chi connectivity index (χ1n) is 7.10. The van der Waals surface area contributed by atoms with Crippen LogP contribution < -0.4 is 5.32 Å². The van der Waals surface area contributed by atoms with Crippen LogP contribution in [0.5, 0.6) is 0 Å². The van der Waals surface area contributed by atoms with Gasteiger partial charge in [-0.3, -0.25) is 0 Å². The molecule has 0 saturated heterocycles. The van der Waals surface area contributed by atoms with Crippen molar-refractivity contribution in [1.82, 2.24) is 10.2 Å². The molecular weight excluding hydrogens is 266 g/mol. The van der Waals surface area contributed by atoms with Gasteiger partial charge in [-0.1, -0.05) is 6.07 Å². The molecule has 0 amide bonds. The molecule has 0 fully saturated rings. The third kappa shape index (κ3) is 4.04. The summed E-state index contributed by atoms with van der Waals surface area (Å²) in [5.41, 5.74) is 3.02. The van der Waals surface area contributed by atoms with Crippen LogP contribution in [0.15, 0.2) is 29.0 Å². The summed E-state index contributed by atoms with van der Waals surface area (Å²) in [6.45, 7) is 8.41. The average molecular weight is 289 g/mol. The van der Waals surface area contributed by atoms with Crippen LogP contribution in [-0.4, -0.2) is 29.0 Å². The van der Waals surface area contributed by atoms with Gasteiger partial charge >= 0.3 is 0 Å². The van der Waals surface area contributed by atoms with Gasteiger partial charge in [-0.2, -0.15) is 0 Å². The highest BCUT2D eigenvalue weighted by atomic mass is 16.5. The Bertz CT molecular complexity index is 579. The fourth-order valence-electron chi connectivity index (χ4n) is 2.35. The van der Waals surface area contributed by atoms with E-state index in [2.05, 4.69) is 49.3 Å². The van der Waals surface area contributed by atoms with Gasteiger partial charge in [0, 0.05) is 24.4 Å². The van der Waals surface area contributed by atoms with Gasteiger partial charge in [0.05, 0.1) is 5.60 Å². The normalized spacial score (nSPS) is 13.2. The first kappa shape index (κ1) is 15.5. The smallest absolute Gasteiger partial charge is 0.247 e. The van der Waals surface area contributed by atoms with E-state index in [1.54, 1.807) is 7.11 Å². The monoisotopic (exact) mass is 289 g/mol. The minimum absolute atomic E-state index is 0.148. The van der Waals surface area contributed by atoms with Gasteiger partial charge < -0.3 is 14.5 Å². The molecule has 1 unspecified atom stereocenters. The predicted molar refractivity (Wildman–Crippen MR) is 83.3 cm³/mol. The van der Waals surface area contributed by atoms with Crippen molar-refractivity contribution in [1.29, 1.82) is 0 Å². The third-order valence-corrected chi connectivity index (χ3v) is 3.60. The van der Waals surface area contributed by atoms with Crippen LogP contribution in [0.2, 0.25) is 0 Å². The quantitative estimate of drug-likeness (QED) is 0.879. The molecular formula is C16H23N3O2. The standard InChI is InChI=1S/C16H23N3O2/c1-11-6-7-13(15-19-17-10-21-15)8-14(11)18-12(2)9-16(3,4)20-5/h6-8,10,12,18H,9H2,1-5H3. The van der Waals surface area contributed by atoms with Crippen molar-refractivity contribution < 1.29 is 9.15 Å². The summed E-state index contributed by atoms with van der Waals surface area (Å²) in [7, 11) is 1.74. The van der Waals surface area contributed by atoms with Crippen LogP contribution in [0.25, 0.3) is 11.5 Å². The zero-order chi connectivity index (χ0) is 15.5. The number of aromatic nitrogens is 2. The van der Waals surface area contributed by atoms with Gasteiger partial charge in [-0.15, -0.1) is 10.2 Å². The molecule has 0 radical (unpaired) electrons. The van der Waals surface area contributed by atoms with Crippen molar-refractivity contribution in [2.24, 2.45) is 0 Å². The van der Waals surface area contributed by atoms with Gasteiger partial charge in [0.2, 0.25) is 12.3 Å². The lowest BCUT2D eigenvalue weighted by Gasteiger charge is -2.28. The zero-order valence-electron chi connectivity index (χ0n) is 13.3. The molecule has 114 valence electrons. The van der Waals surface area contributed by atoms with E-state index in [1.165, 1.54) is 12.0 Å². The molecule has 0 aliphatic rings. The Morgan fingerprint density at radius 3 is 2.76 bits per heavy atom. The fourth-order valence-corrected chi connectivity index (χ4v) is 2.35. The van der Waals surface area contributed by atoms with Crippen molar-refractivity contribution in [2.45, 2.75) is 45.8 Å². The number of methoxy groups -OCH3 is 1. The van der Waals surface area contributed by atoms with Gasteiger partial charge in [-0.05, 0) is 51.8 Å². The van der Waals surface area contributed by atoms with E-state index in [4.69, 9.17) is 9.15 Å². The molecule has 21 heavy (non-hydrogen) atoms. The maximum atomic E-state index is 5.49. The van der Waals surface area contributed by atoms with Gasteiger partial charge in [0.1, 0.15) is 0 Å². The highest BCUT2D eigenvalue weighted by molar-refractivity contribution is 5.64. The lowest BCUT2D eigenvalue weighted by atomic mass is 9.99. The number of aryl methyl sites for hydroxylation is 1. The van der Waals surface area contributed by atoms with Gasteiger partial charge in [0.25, 0.3) is 0 Å². The Balaban J connectivity index is 2.14. The average Bonchev–Trinajstić information content (AvgIpc) is 2.94. The Hall–Kier alpha value is -1.88. The van der Waals surface area contributed by atoms with Crippen LogP contribution in [0.1, 0.15) is 32.8 Å². The summed E-state index contributed by atoms with van der Waals surface area (Å²) in [5, 5.41) is 11.2. The predicted octanol–water partition coefficient (Wildman–Crippen LogP) is 3.66. The van der Waals surface area contributed by atoms with E-state index in [-0.39, 0.29) is 11.6 Å². The number of hydrogen-bond donors (Lipinski definition) is 1. The number of benzene rings is 1. The number of nitrogens with one attached hydrogen (secondary N) is 1. The molecule has 0 spiro atoms. The van der Waals surface area contributed by atoms with Crippen LogP contribution in [0, 0.1) is 6.92 Å². The van der Waals surface area contributed by atoms with E-state index >= 15 is 0 Å². The SMILES string of the molecule is COC(C)(C)CC(C)Nc1cc(-c2nnco2)ccc1C. The van der Waals surface area contributed by atoms with Crippen molar-refractivity contribution >= 4 is 5.69 Å². The minimum atomic E-state index is -0.148. The molecule has 0 bridgehead atoms. The number of hydrogen-bond acceptors (Lipinski definition) is 5. The molecule has 0 saturated carbocycles. The summed E-state index contributed by atoms with van der Waals surface area (Å²) in [4.78, 5) is 0. The molecule has 1 N–H and O–H groups in total. The molecule has 1 aromatic heterocycles. The van der Waals surface area contributed by atoms with Crippen LogP contribution >= 0.6 is 0 Å². The molecule has 0 aliphatic heterocycles. The molecule has 1 aromatic carbocycles. The number of rotatable bonds is 6. The maximum absolute atomic E-state index is 5.49. The summed E-state index contributed by atoms with van der Waals surface area (Å²) in [5.74, 6) is 0.530. The lowest BCUT2D eigenvalue weighted by Crippen LogP contribution is -2.31. The van der Waals surface area contributed by atoms with E-state index in [1.807, 2.05) is 12.1 Å². The number of anilines is 1. The number of nitrogens with zero attached hydrogens (tertiary/aromatic N) is 2. The second-order valence-corrected chi connectivity index (χ2v) is 5.99. The Kier molecular flexibility index (Phi) is 4.63. The zero-order valence-corrected chi connectivity index (χ0v) is 13.3. The van der Waals surface area contributed by atoms with E-state index in [0.29, 0.717) is 5.89 Å². The molecule has 5 nitrogen and oxygen atoms in total. The Labute approximate surface area is 125 Å².